The van der Waals surface area contributed by atoms with Gasteiger partial charge in [-0.1, -0.05) is 23.8 Å². The highest BCUT2D eigenvalue weighted by Gasteiger charge is 2.53. The number of carbonyl (C=O) groups excluding carboxylic acids is 2. The molecule has 0 unspecified atom stereocenters. The van der Waals surface area contributed by atoms with Crippen LogP contribution in [0, 0.1) is 37.0 Å². The summed E-state index contributed by atoms with van der Waals surface area (Å²) in [6.07, 6.45) is 8.21. The van der Waals surface area contributed by atoms with E-state index >= 15 is 0 Å². The minimum Gasteiger partial charge on any atom is -0.463 e. The average molecular weight is 466 g/mol. The molecule has 0 saturated heterocycles. The van der Waals surface area contributed by atoms with E-state index < -0.39 is 6.04 Å². The maximum absolute atomic E-state index is 13.2. The van der Waals surface area contributed by atoms with Gasteiger partial charge in [-0.2, -0.15) is 0 Å². The van der Waals surface area contributed by atoms with Crippen molar-refractivity contribution in [2.24, 2.45) is 23.2 Å². The van der Waals surface area contributed by atoms with Gasteiger partial charge in [0, 0.05) is 18.3 Å². The Labute approximate surface area is 203 Å². The number of ether oxygens (including phenoxy) is 1. The Morgan fingerprint density at radius 2 is 1.79 bits per heavy atom. The number of aryl methyl sites for hydroxylation is 2. The van der Waals surface area contributed by atoms with Crippen LogP contribution < -0.4 is 16.0 Å². The molecule has 2 atom stereocenters. The van der Waals surface area contributed by atoms with Crippen LogP contribution in [-0.2, 0) is 9.53 Å². The number of nitrogens with one attached hydrogen (secondary N) is 3. The van der Waals surface area contributed by atoms with Crippen molar-refractivity contribution < 1.29 is 14.3 Å². The summed E-state index contributed by atoms with van der Waals surface area (Å²) in [5, 5.41) is 9.66. The van der Waals surface area contributed by atoms with Crippen LogP contribution in [0.5, 0.6) is 0 Å². The van der Waals surface area contributed by atoms with E-state index in [1.54, 1.807) is 0 Å². The fourth-order valence-electron chi connectivity index (χ4n) is 7.69. The second-order valence-electron chi connectivity index (χ2n) is 11.4. The zero-order valence-corrected chi connectivity index (χ0v) is 21.0. The fraction of sp³-hybridized carbons (Fsp3) is 0.643. The highest BCUT2D eigenvalue weighted by atomic mass is 16.5. The van der Waals surface area contributed by atoms with Crippen molar-refractivity contribution in [3.05, 3.63) is 46.2 Å². The van der Waals surface area contributed by atoms with Crippen molar-refractivity contribution >= 4 is 12.0 Å². The van der Waals surface area contributed by atoms with E-state index in [0.29, 0.717) is 35.9 Å². The fourth-order valence-corrected chi connectivity index (χ4v) is 7.69. The lowest BCUT2D eigenvalue weighted by molar-refractivity contribution is -0.139. The maximum Gasteiger partial charge on any atom is 0.338 e. The maximum atomic E-state index is 13.2. The summed E-state index contributed by atoms with van der Waals surface area (Å²) >= 11 is 0. The molecule has 5 aliphatic rings. The molecule has 6 rings (SSSR count). The SMILES string of the molecule is CCOC(=O)C1=C(CN[C@@H](C)C23CC4CC(CC(C4)C2)C3)NC(=O)N[C@@H]1c1cc(C)ccc1C. The molecule has 34 heavy (non-hydrogen) atoms. The molecular weight excluding hydrogens is 426 g/mol. The smallest absolute Gasteiger partial charge is 0.338 e. The van der Waals surface area contributed by atoms with Gasteiger partial charge in [-0.25, -0.2) is 9.59 Å². The quantitative estimate of drug-likeness (QED) is 0.512. The summed E-state index contributed by atoms with van der Waals surface area (Å²) in [6, 6.07) is 5.66. The Balaban J connectivity index is 1.43. The lowest BCUT2D eigenvalue weighted by Crippen LogP contribution is -2.56. The first-order valence-electron chi connectivity index (χ1n) is 13.1. The Bertz CT molecular complexity index is 979. The van der Waals surface area contributed by atoms with Crippen molar-refractivity contribution in [1.82, 2.24) is 16.0 Å². The predicted molar refractivity (Wildman–Crippen MR) is 132 cm³/mol. The van der Waals surface area contributed by atoms with E-state index in [0.717, 1.165) is 34.4 Å². The second-order valence-corrected chi connectivity index (χ2v) is 11.4. The van der Waals surface area contributed by atoms with Crippen molar-refractivity contribution in [2.45, 2.75) is 78.3 Å². The van der Waals surface area contributed by atoms with Crippen LogP contribution in [0.25, 0.3) is 0 Å². The molecular formula is C28H39N3O3. The molecule has 4 fully saturated rings. The van der Waals surface area contributed by atoms with Gasteiger partial charge >= 0.3 is 12.0 Å². The summed E-state index contributed by atoms with van der Waals surface area (Å²) in [5.74, 6) is 2.28. The van der Waals surface area contributed by atoms with Crippen molar-refractivity contribution in [2.75, 3.05) is 13.2 Å². The van der Waals surface area contributed by atoms with Crippen LogP contribution in [-0.4, -0.2) is 31.2 Å². The molecule has 0 spiro atoms. The largest absolute Gasteiger partial charge is 0.463 e. The van der Waals surface area contributed by atoms with E-state index in [1.165, 1.54) is 38.5 Å². The molecule has 1 heterocycles. The molecule has 0 radical (unpaired) electrons. The average Bonchev–Trinajstić information content (AvgIpc) is 2.77. The first-order chi connectivity index (χ1) is 16.3. The monoisotopic (exact) mass is 465 g/mol. The number of esters is 1. The van der Waals surface area contributed by atoms with Gasteiger partial charge in [0.2, 0.25) is 0 Å². The molecule has 1 aliphatic heterocycles. The van der Waals surface area contributed by atoms with Crippen LogP contribution in [0.1, 0.15) is 75.1 Å². The number of amides is 2. The topological polar surface area (TPSA) is 79.5 Å². The van der Waals surface area contributed by atoms with Crippen LogP contribution in [0.4, 0.5) is 4.79 Å². The first kappa shape index (κ1) is 23.4. The molecule has 6 nitrogen and oxygen atoms in total. The van der Waals surface area contributed by atoms with Crippen LogP contribution in [0.3, 0.4) is 0 Å². The molecule has 2 amide bonds. The van der Waals surface area contributed by atoms with Gasteiger partial charge in [-0.3, -0.25) is 0 Å². The van der Waals surface area contributed by atoms with Gasteiger partial charge < -0.3 is 20.7 Å². The minimum atomic E-state index is -0.528. The predicted octanol–water partition coefficient (Wildman–Crippen LogP) is 4.67. The van der Waals surface area contributed by atoms with Crippen LogP contribution in [0.15, 0.2) is 29.5 Å². The summed E-state index contributed by atoms with van der Waals surface area (Å²) in [6.45, 7) is 8.90. The van der Waals surface area contributed by atoms with Gasteiger partial charge in [0.15, 0.2) is 0 Å². The number of hydrogen-bond donors (Lipinski definition) is 3. The third kappa shape index (κ3) is 4.26. The van der Waals surface area contributed by atoms with Gasteiger partial charge in [-0.05, 0) is 101 Å². The molecule has 184 valence electrons. The lowest BCUT2D eigenvalue weighted by Gasteiger charge is -2.59. The highest BCUT2D eigenvalue weighted by Crippen LogP contribution is 2.61. The van der Waals surface area contributed by atoms with Crippen LogP contribution in [0.2, 0.25) is 0 Å². The molecule has 6 heteroatoms. The summed E-state index contributed by atoms with van der Waals surface area (Å²) in [7, 11) is 0. The molecule has 4 saturated carbocycles. The number of urea groups is 1. The molecule has 4 bridgehead atoms. The molecule has 1 aromatic carbocycles. The van der Waals surface area contributed by atoms with Gasteiger partial charge in [0.1, 0.15) is 0 Å². The minimum absolute atomic E-state index is 0.279. The number of hydrogen-bond acceptors (Lipinski definition) is 4. The van der Waals surface area contributed by atoms with Gasteiger partial charge in [-0.15, -0.1) is 0 Å². The highest BCUT2D eigenvalue weighted by molar-refractivity contribution is 5.95. The molecule has 3 N–H and O–H groups in total. The van der Waals surface area contributed by atoms with E-state index in [9.17, 15) is 9.59 Å². The Morgan fingerprint density at radius 3 is 2.41 bits per heavy atom. The Morgan fingerprint density at radius 1 is 1.15 bits per heavy atom. The van der Waals surface area contributed by atoms with Crippen molar-refractivity contribution in [3.8, 4) is 0 Å². The van der Waals surface area contributed by atoms with E-state index in [-0.39, 0.29) is 12.0 Å². The standard InChI is InChI=1S/C28H39N3O3/c1-5-34-26(32)24-23(30-27(33)31-25(24)22-8-16(2)6-7-17(22)3)15-29-18(4)28-12-19-9-20(13-28)11-21(10-19)14-28/h6-8,18-21,25,29H,5,9-15H2,1-4H3,(H2,30,31,33)/t18-,19?,20?,21?,25+,28?/m0/s1. The number of rotatable bonds is 7. The zero-order valence-electron chi connectivity index (χ0n) is 21.0. The second kappa shape index (κ2) is 9.03. The third-order valence-corrected chi connectivity index (χ3v) is 8.98. The van der Waals surface area contributed by atoms with E-state index in [1.807, 2.05) is 39.0 Å². The van der Waals surface area contributed by atoms with Gasteiger partial charge in [0.05, 0.1) is 18.2 Å². The van der Waals surface area contributed by atoms with Gasteiger partial charge in [0.25, 0.3) is 0 Å². The van der Waals surface area contributed by atoms with Crippen molar-refractivity contribution in [3.63, 3.8) is 0 Å². The Hall–Kier alpha value is -2.34. The normalized spacial score (nSPS) is 32.9. The van der Waals surface area contributed by atoms with Crippen LogP contribution >= 0.6 is 0 Å². The number of benzene rings is 1. The molecule has 1 aromatic rings. The van der Waals surface area contributed by atoms with E-state index in [2.05, 4.69) is 22.9 Å². The number of carbonyl (C=O) groups is 2. The molecule has 4 aliphatic carbocycles. The zero-order chi connectivity index (χ0) is 24.0. The lowest BCUT2D eigenvalue weighted by atomic mass is 9.48. The van der Waals surface area contributed by atoms with Crippen molar-refractivity contribution in [1.29, 1.82) is 0 Å². The summed E-state index contributed by atoms with van der Waals surface area (Å²) in [5.41, 5.74) is 4.54. The summed E-state index contributed by atoms with van der Waals surface area (Å²) < 4.78 is 5.46. The Kier molecular flexibility index (Phi) is 6.21. The third-order valence-electron chi connectivity index (χ3n) is 8.98. The van der Waals surface area contributed by atoms with E-state index in [4.69, 9.17) is 4.74 Å². The summed E-state index contributed by atoms with van der Waals surface area (Å²) in [4.78, 5) is 25.9. The molecule has 0 aromatic heterocycles. The first-order valence-corrected chi connectivity index (χ1v) is 13.1.